The number of carbonyl (C=O) groups is 1. The van der Waals surface area contributed by atoms with Gasteiger partial charge in [-0.1, -0.05) is 18.2 Å². The first-order valence-electron chi connectivity index (χ1n) is 8.99. The van der Waals surface area contributed by atoms with Crippen LogP contribution >= 0.6 is 0 Å². The third-order valence-corrected chi connectivity index (χ3v) is 4.37. The van der Waals surface area contributed by atoms with Crippen molar-refractivity contribution in [2.24, 2.45) is 0 Å². The first-order chi connectivity index (χ1) is 12.6. The first kappa shape index (κ1) is 18.3. The van der Waals surface area contributed by atoms with Gasteiger partial charge >= 0.3 is 0 Å². The highest BCUT2D eigenvalue weighted by Gasteiger charge is 2.11. The van der Waals surface area contributed by atoms with Gasteiger partial charge in [-0.15, -0.1) is 0 Å². The SMILES string of the molecule is Cc1cc(C)cc(OCC(=O)NCc2ccc(N3CCOCC3)cc2)c1. The Kier molecular flexibility index (Phi) is 6.12. The van der Waals surface area contributed by atoms with E-state index in [1.165, 1.54) is 5.69 Å². The molecule has 1 heterocycles. The van der Waals surface area contributed by atoms with E-state index >= 15 is 0 Å². The lowest BCUT2D eigenvalue weighted by Gasteiger charge is -2.28. The van der Waals surface area contributed by atoms with Gasteiger partial charge in [-0.2, -0.15) is 0 Å². The van der Waals surface area contributed by atoms with Crippen LogP contribution in [-0.4, -0.2) is 38.8 Å². The van der Waals surface area contributed by atoms with Gasteiger partial charge in [-0.3, -0.25) is 4.79 Å². The number of nitrogens with one attached hydrogen (secondary N) is 1. The normalized spacial score (nSPS) is 14.2. The van der Waals surface area contributed by atoms with Crippen LogP contribution < -0.4 is 15.0 Å². The minimum atomic E-state index is -0.124. The summed E-state index contributed by atoms with van der Waals surface area (Å²) in [5.74, 6) is 0.605. The van der Waals surface area contributed by atoms with Crippen molar-refractivity contribution in [3.8, 4) is 5.75 Å². The van der Waals surface area contributed by atoms with Gasteiger partial charge in [0.15, 0.2) is 6.61 Å². The number of hydrogen-bond donors (Lipinski definition) is 1. The zero-order valence-electron chi connectivity index (χ0n) is 15.5. The Hall–Kier alpha value is -2.53. The van der Waals surface area contributed by atoms with Crippen LogP contribution in [0.4, 0.5) is 5.69 Å². The zero-order chi connectivity index (χ0) is 18.4. The van der Waals surface area contributed by atoms with E-state index in [1.807, 2.05) is 26.0 Å². The quantitative estimate of drug-likeness (QED) is 0.867. The molecule has 1 N–H and O–H groups in total. The van der Waals surface area contributed by atoms with Crippen LogP contribution in [-0.2, 0) is 16.1 Å². The Balaban J connectivity index is 1.45. The number of nitrogens with zero attached hydrogens (tertiary/aromatic N) is 1. The van der Waals surface area contributed by atoms with Crippen molar-refractivity contribution < 1.29 is 14.3 Å². The molecule has 26 heavy (non-hydrogen) atoms. The average Bonchev–Trinajstić information content (AvgIpc) is 2.65. The number of rotatable bonds is 6. The molecule has 1 amide bonds. The summed E-state index contributed by atoms with van der Waals surface area (Å²) in [6.07, 6.45) is 0. The second kappa shape index (κ2) is 8.72. The van der Waals surface area contributed by atoms with Crippen molar-refractivity contribution in [2.45, 2.75) is 20.4 Å². The van der Waals surface area contributed by atoms with Crippen LogP contribution in [0, 0.1) is 13.8 Å². The maximum absolute atomic E-state index is 12.0. The maximum Gasteiger partial charge on any atom is 0.258 e. The van der Waals surface area contributed by atoms with Gasteiger partial charge in [0.1, 0.15) is 5.75 Å². The number of amides is 1. The van der Waals surface area contributed by atoms with E-state index in [0.29, 0.717) is 6.54 Å². The second-order valence-electron chi connectivity index (χ2n) is 6.65. The summed E-state index contributed by atoms with van der Waals surface area (Å²) in [6.45, 7) is 7.95. The van der Waals surface area contributed by atoms with Gasteiger partial charge in [-0.05, 0) is 54.8 Å². The summed E-state index contributed by atoms with van der Waals surface area (Å²) in [7, 11) is 0. The summed E-state index contributed by atoms with van der Waals surface area (Å²) in [6, 6.07) is 14.2. The first-order valence-corrected chi connectivity index (χ1v) is 8.99. The molecular weight excluding hydrogens is 328 g/mol. The van der Waals surface area contributed by atoms with Crippen molar-refractivity contribution in [1.82, 2.24) is 5.32 Å². The fraction of sp³-hybridized carbons (Fsp3) is 0.381. The molecule has 2 aromatic carbocycles. The highest BCUT2D eigenvalue weighted by atomic mass is 16.5. The number of hydrogen-bond acceptors (Lipinski definition) is 4. The van der Waals surface area contributed by atoms with Crippen LogP contribution in [0.3, 0.4) is 0 Å². The van der Waals surface area contributed by atoms with Gasteiger partial charge in [-0.25, -0.2) is 0 Å². The highest BCUT2D eigenvalue weighted by Crippen LogP contribution is 2.17. The van der Waals surface area contributed by atoms with E-state index in [-0.39, 0.29) is 12.5 Å². The number of carbonyl (C=O) groups excluding carboxylic acids is 1. The van der Waals surface area contributed by atoms with Gasteiger partial charge in [0.2, 0.25) is 0 Å². The molecule has 1 fully saturated rings. The van der Waals surface area contributed by atoms with Gasteiger partial charge in [0.05, 0.1) is 13.2 Å². The summed E-state index contributed by atoms with van der Waals surface area (Å²) >= 11 is 0. The molecule has 0 aromatic heterocycles. The largest absolute Gasteiger partial charge is 0.484 e. The van der Waals surface area contributed by atoms with Crippen LogP contribution in [0.5, 0.6) is 5.75 Å². The summed E-state index contributed by atoms with van der Waals surface area (Å²) < 4.78 is 11.0. The van der Waals surface area contributed by atoms with E-state index in [4.69, 9.17) is 9.47 Å². The standard InChI is InChI=1S/C21H26N2O3/c1-16-11-17(2)13-20(12-16)26-15-21(24)22-14-18-3-5-19(6-4-18)23-7-9-25-10-8-23/h3-6,11-13H,7-10,14-15H2,1-2H3,(H,22,24). The number of benzene rings is 2. The summed E-state index contributed by atoms with van der Waals surface area (Å²) in [4.78, 5) is 14.3. The molecule has 5 heteroatoms. The van der Waals surface area contributed by atoms with Crippen molar-refractivity contribution in [3.05, 3.63) is 59.2 Å². The Morgan fingerprint density at radius 2 is 1.73 bits per heavy atom. The maximum atomic E-state index is 12.0. The fourth-order valence-corrected chi connectivity index (χ4v) is 3.06. The molecule has 0 radical (unpaired) electrons. The van der Waals surface area contributed by atoms with Crippen LogP contribution in [0.15, 0.2) is 42.5 Å². The predicted molar refractivity (Wildman–Crippen MR) is 103 cm³/mol. The molecule has 3 rings (SSSR count). The van der Waals surface area contributed by atoms with Crippen molar-refractivity contribution in [2.75, 3.05) is 37.8 Å². The molecule has 1 aliphatic heterocycles. The monoisotopic (exact) mass is 354 g/mol. The molecule has 138 valence electrons. The Labute approximate surface area is 154 Å². The van der Waals surface area contributed by atoms with E-state index in [9.17, 15) is 4.79 Å². The summed E-state index contributed by atoms with van der Waals surface area (Å²) in [5.41, 5.74) is 4.52. The Morgan fingerprint density at radius 1 is 1.08 bits per heavy atom. The van der Waals surface area contributed by atoms with Crippen molar-refractivity contribution >= 4 is 11.6 Å². The lowest BCUT2D eigenvalue weighted by Crippen LogP contribution is -2.36. The minimum absolute atomic E-state index is 0.0226. The molecule has 5 nitrogen and oxygen atoms in total. The number of aryl methyl sites for hydroxylation is 2. The van der Waals surface area contributed by atoms with Gasteiger partial charge in [0.25, 0.3) is 5.91 Å². The third-order valence-electron chi connectivity index (χ3n) is 4.37. The molecular formula is C21H26N2O3. The molecule has 0 unspecified atom stereocenters. The van der Waals surface area contributed by atoms with Crippen LogP contribution in [0.1, 0.15) is 16.7 Å². The minimum Gasteiger partial charge on any atom is -0.484 e. The van der Waals surface area contributed by atoms with Crippen molar-refractivity contribution in [3.63, 3.8) is 0 Å². The predicted octanol–water partition coefficient (Wildman–Crippen LogP) is 2.84. The zero-order valence-corrected chi connectivity index (χ0v) is 15.5. The number of ether oxygens (including phenoxy) is 2. The van der Waals surface area contributed by atoms with E-state index in [2.05, 4.69) is 40.5 Å². The third kappa shape index (κ3) is 5.23. The lowest BCUT2D eigenvalue weighted by molar-refractivity contribution is -0.123. The van der Waals surface area contributed by atoms with Crippen LogP contribution in [0.2, 0.25) is 0 Å². The molecule has 0 saturated carbocycles. The van der Waals surface area contributed by atoms with E-state index in [0.717, 1.165) is 48.7 Å². The molecule has 2 aromatic rings. The smallest absolute Gasteiger partial charge is 0.258 e. The fourth-order valence-electron chi connectivity index (χ4n) is 3.06. The number of anilines is 1. The van der Waals surface area contributed by atoms with Crippen LogP contribution in [0.25, 0.3) is 0 Å². The summed E-state index contributed by atoms with van der Waals surface area (Å²) in [5, 5.41) is 2.90. The van der Waals surface area contributed by atoms with Gasteiger partial charge in [0, 0.05) is 25.3 Å². The average molecular weight is 354 g/mol. The lowest BCUT2D eigenvalue weighted by atomic mass is 10.1. The number of morpholine rings is 1. The van der Waals surface area contributed by atoms with E-state index < -0.39 is 0 Å². The second-order valence-corrected chi connectivity index (χ2v) is 6.65. The van der Waals surface area contributed by atoms with E-state index in [1.54, 1.807) is 0 Å². The molecule has 0 atom stereocenters. The van der Waals surface area contributed by atoms with Gasteiger partial charge < -0.3 is 19.7 Å². The molecule has 0 spiro atoms. The molecule has 1 saturated heterocycles. The molecule has 0 aliphatic carbocycles. The Bertz CT molecular complexity index is 717. The Morgan fingerprint density at radius 3 is 2.38 bits per heavy atom. The molecule has 1 aliphatic rings. The van der Waals surface area contributed by atoms with Crippen molar-refractivity contribution in [1.29, 1.82) is 0 Å². The topological polar surface area (TPSA) is 50.8 Å². The molecule has 0 bridgehead atoms. The highest BCUT2D eigenvalue weighted by molar-refractivity contribution is 5.77.